The van der Waals surface area contributed by atoms with E-state index in [4.69, 9.17) is 11.6 Å². The van der Waals surface area contributed by atoms with Crippen LogP contribution in [0.25, 0.3) is 0 Å². The van der Waals surface area contributed by atoms with Crippen LogP contribution < -0.4 is 10.9 Å². The second kappa shape index (κ2) is 10.2. The van der Waals surface area contributed by atoms with Crippen molar-refractivity contribution in [2.45, 2.75) is 32.6 Å². The molecule has 2 aromatic carbocycles. The van der Waals surface area contributed by atoms with E-state index in [9.17, 15) is 18.0 Å². The Kier molecular flexibility index (Phi) is 7.79. The van der Waals surface area contributed by atoms with Crippen LogP contribution in [0.3, 0.4) is 0 Å². The summed E-state index contributed by atoms with van der Waals surface area (Å²) in [6.07, 6.45) is 0. The quantitative estimate of drug-likeness (QED) is 0.624. The summed E-state index contributed by atoms with van der Waals surface area (Å²) < 4.78 is 28.2. The Morgan fingerprint density at radius 1 is 0.909 bits per heavy atom. The van der Waals surface area contributed by atoms with Crippen molar-refractivity contribution in [3.05, 3.63) is 63.2 Å². The Morgan fingerprint density at radius 2 is 1.45 bits per heavy atom. The predicted molar refractivity (Wildman–Crippen MR) is 128 cm³/mol. The molecule has 2 amide bonds. The van der Waals surface area contributed by atoms with Crippen LogP contribution in [-0.4, -0.2) is 62.2 Å². The molecule has 2 N–H and O–H groups in total. The van der Waals surface area contributed by atoms with Crippen LogP contribution in [0.2, 0.25) is 5.02 Å². The Bertz CT molecular complexity index is 1130. The molecule has 2 aromatic rings. The van der Waals surface area contributed by atoms with Crippen LogP contribution in [0.15, 0.2) is 35.2 Å². The summed E-state index contributed by atoms with van der Waals surface area (Å²) >= 11 is 5.81. The number of nitrogens with zero attached hydrogens (tertiary/aromatic N) is 2. The van der Waals surface area contributed by atoms with Gasteiger partial charge in [-0.15, -0.1) is 0 Å². The highest BCUT2D eigenvalue weighted by Gasteiger charge is 2.32. The molecule has 0 radical (unpaired) electrons. The lowest BCUT2D eigenvalue weighted by Gasteiger charge is -2.34. The molecule has 1 saturated heterocycles. The number of aryl methyl sites for hydroxylation is 2. The Balaban J connectivity index is 1.55. The molecule has 1 heterocycles. The van der Waals surface area contributed by atoms with Crippen molar-refractivity contribution in [2.75, 3.05) is 32.7 Å². The van der Waals surface area contributed by atoms with Crippen molar-refractivity contribution in [1.82, 2.24) is 20.1 Å². The SMILES string of the molecule is Cc1cc(C)c(C)c(S(=O)(=O)N2CCN(CC(=O)NNC(=O)c3ccc(Cl)cc3)CC2)c1C. The summed E-state index contributed by atoms with van der Waals surface area (Å²) in [7, 11) is -3.64. The van der Waals surface area contributed by atoms with E-state index in [1.165, 1.54) is 4.31 Å². The minimum atomic E-state index is -3.64. The fourth-order valence-electron chi connectivity index (χ4n) is 3.87. The second-order valence-corrected chi connectivity index (χ2v) is 10.6. The average molecular weight is 493 g/mol. The van der Waals surface area contributed by atoms with E-state index < -0.39 is 15.9 Å². The van der Waals surface area contributed by atoms with Gasteiger partial charge in [0, 0.05) is 36.8 Å². The standard InChI is InChI=1S/C23H29ClN4O4S/c1-15-13-16(2)18(4)22(17(15)3)33(31,32)28-11-9-27(10-12-28)14-21(29)25-26-23(30)19-5-7-20(24)8-6-19/h5-8,13H,9-12,14H2,1-4H3,(H,25,29)(H,26,30). The molecule has 0 unspecified atom stereocenters. The van der Waals surface area contributed by atoms with E-state index in [1.807, 2.05) is 38.7 Å². The maximum atomic E-state index is 13.4. The second-order valence-electron chi connectivity index (χ2n) is 8.28. The van der Waals surface area contributed by atoms with Crippen molar-refractivity contribution in [1.29, 1.82) is 0 Å². The number of piperazine rings is 1. The molecule has 1 aliphatic heterocycles. The number of sulfonamides is 1. The summed E-state index contributed by atoms with van der Waals surface area (Å²) in [5, 5.41) is 0.514. The van der Waals surface area contributed by atoms with Gasteiger partial charge in [0.2, 0.25) is 10.0 Å². The van der Waals surface area contributed by atoms with Crippen LogP contribution in [0, 0.1) is 27.7 Å². The van der Waals surface area contributed by atoms with E-state index >= 15 is 0 Å². The molecule has 0 spiro atoms. The van der Waals surface area contributed by atoms with Gasteiger partial charge in [0.1, 0.15) is 0 Å². The molecule has 0 atom stereocenters. The van der Waals surface area contributed by atoms with Crippen molar-refractivity contribution in [3.63, 3.8) is 0 Å². The van der Waals surface area contributed by atoms with Gasteiger partial charge in [-0.25, -0.2) is 8.42 Å². The molecule has 1 aliphatic rings. The van der Waals surface area contributed by atoms with Gasteiger partial charge < -0.3 is 0 Å². The molecule has 1 fully saturated rings. The lowest BCUT2D eigenvalue weighted by Crippen LogP contribution is -2.53. The summed E-state index contributed by atoms with van der Waals surface area (Å²) in [5.41, 5.74) is 8.59. The van der Waals surface area contributed by atoms with Gasteiger partial charge in [-0.05, 0) is 74.2 Å². The summed E-state index contributed by atoms with van der Waals surface area (Å²) in [5.74, 6) is -0.829. The van der Waals surface area contributed by atoms with E-state index in [0.717, 1.165) is 22.3 Å². The smallest absolute Gasteiger partial charge is 0.269 e. The number of hydrogen-bond acceptors (Lipinski definition) is 5. The predicted octanol–water partition coefficient (Wildman–Crippen LogP) is 2.34. The molecular formula is C23H29ClN4O4S. The lowest BCUT2D eigenvalue weighted by molar-refractivity contribution is -0.123. The van der Waals surface area contributed by atoms with Gasteiger partial charge in [-0.1, -0.05) is 17.7 Å². The first kappa shape index (κ1) is 25.2. The lowest BCUT2D eigenvalue weighted by atomic mass is 10.0. The van der Waals surface area contributed by atoms with Gasteiger partial charge in [-0.2, -0.15) is 4.31 Å². The maximum absolute atomic E-state index is 13.4. The first-order valence-corrected chi connectivity index (χ1v) is 12.5. The third-order valence-electron chi connectivity index (χ3n) is 6.02. The topological polar surface area (TPSA) is 98.8 Å². The van der Waals surface area contributed by atoms with Crippen LogP contribution >= 0.6 is 11.6 Å². The summed E-state index contributed by atoms with van der Waals surface area (Å²) in [6, 6.07) is 8.30. The van der Waals surface area contributed by atoms with Gasteiger partial charge in [-0.3, -0.25) is 25.3 Å². The minimum Gasteiger partial charge on any atom is -0.292 e. The fraction of sp³-hybridized carbons (Fsp3) is 0.391. The molecule has 0 aromatic heterocycles. The monoisotopic (exact) mass is 492 g/mol. The number of hydrogen-bond donors (Lipinski definition) is 2. The van der Waals surface area contributed by atoms with Crippen molar-refractivity contribution < 1.29 is 18.0 Å². The van der Waals surface area contributed by atoms with Crippen LogP contribution in [0.4, 0.5) is 0 Å². The number of nitrogens with one attached hydrogen (secondary N) is 2. The first-order chi connectivity index (χ1) is 15.5. The van der Waals surface area contributed by atoms with Gasteiger partial charge in [0.15, 0.2) is 0 Å². The van der Waals surface area contributed by atoms with Crippen molar-refractivity contribution in [2.24, 2.45) is 0 Å². The van der Waals surface area contributed by atoms with Crippen LogP contribution in [0.5, 0.6) is 0 Å². The van der Waals surface area contributed by atoms with Crippen LogP contribution in [0.1, 0.15) is 32.6 Å². The zero-order valence-corrected chi connectivity index (χ0v) is 20.8. The van der Waals surface area contributed by atoms with Gasteiger partial charge in [0.05, 0.1) is 11.4 Å². The molecule has 33 heavy (non-hydrogen) atoms. The number of hydrazine groups is 1. The molecule has 0 saturated carbocycles. The minimum absolute atomic E-state index is 0.0520. The molecule has 0 bridgehead atoms. The fourth-order valence-corrected chi connectivity index (χ4v) is 5.99. The number of halogens is 1. The Hall–Kier alpha value is -2.46. The summed E-state index contributed by atoms with van der Waals surface area (Å²) in [4.78, 5) is 26.6. The molecular weight excluding hydrogens is 464 g/mol. The van der Waals surface area contributed by atoms with Crippen molar-refractivity contribution in [3.8, 4) is 0 Å². The Labute approximate surface area is 199 Å². The normalized spacial score (nSPS) is 15.3. The Morgan fingerprint density at radius 3 is 2.00 bits per heavy atom. The van der Waals surface area contributed by atoms with E-state index in [1.54, 1.807) is 24.3 Å². The molecule has 178 valence electrons. The maximum Gasteiger partial charge on any atom is 0.269 e. The number of carbonyl (C=O) groups excluding carboxylic acids is 2. The average Bonchev–Trinajstić information content (AvgIpc) is 2.77. The van der Waals surface area contributed by atoms with Crippen molar-refractivity contribution >= 4 is 33.4 Å². The number of rotatable bonds is 5. The largest absolute Gasteiger partial charge is 0.292 e. The summed E-state index contributed by atoms with van der Waals surface area (Å²) in [6.45, 7) is 8.99. The van der Waals surface area contributed by atoms with Gasteiger partial charge >= 0.3 is 0 Å². The molecule has 10 heteroatoms. The molecule has 0 aliphatic carbocycles. The number of carbonyl (C=O) groups is 2. The molecule has 3 rings (SSSR count). The first-order valence-electron chi connectivity index (χ1n) is 10.7. The van der Waals surface area contributed by atoms with E-state index in [2.05, 4.69) is 10.9 Å². The molecule has 8 nitrogen and oxygen atoms in total. The van der Waals surface area contributed by atoms with Gasteiger partial charge in [0.25, 0.3) is 11.8 Å². The number of amides is 2. The highest BCUT2D eigenvalue weighted by atomic mass is 35.5. The highest BCUT2D eigenvalue weighted by molar-refractivity contribution is 7.89. The van der Waals surface area contributed by atoms with Crippen LogP contribution in [-0.2, 0) is 14.8 Å². The highest BCUT2D eigenvalue weighted by Crippen LogP contribution is 2.29. The van der Waals surface area contributed by atoms with E-state index in [-0.39, 0.29) is 12.5 Å². The van der Waals surface area contributed by atoms with E-state index in [0.29, 0.717) is 41.7 Å². The zero-order valence-electron chi connectivity index (χ0n) is 19.2. The number of benzene rings is 2. The third kappa shape index (κ3) is 5.73. The third-order valence-corrected chi connectivity index (χ3v) is 8.44. The zero-order chi connectivity index (χ0) is 24.3.